The van der Waals surface area contributed by atoms with Gasteiger partial charge in [0.2, 0.25) is 0 Å². The van der Waals surface area contributed by atoms with Crippen molar-refractivity contribution in [3.05, 3.63) is 88.6 Å². The van der Waals surface area contributed by atoms with E-state index in [1.165, 1.54) is 42.5 Å². The fourth-order valence-electron chi connectivity index (χ4n) is 2.29. The normalized spacial score (nSPS) is 11.0. The zero-order valence-electron chi connectivity index (χ0n) is 13.8. The molecular weight excluding hydrogens is 435 g/mol. The summed E-state index contributed by atoms with van der Waals surface area (Å²) in [7, 11) is -3.78. The fraction of sp³-hybridized carbons (Fsp3) is 0. The number of amides is 1. The number of carbonyl (C=O) groups is 1. The molecule has 5 nitrogen and oxygen atoms in total. The van der Waals surface area contributed by atoms with Crippen molar-refractivity contribution in [3.8, 4) is 0 Å². The van der Waals surface area contributed by atoms with E-state index in [0.717, 1.165) is 4.47 Å². The summed E-state index contributed by atoms with van der Waals surface area (Å²) in [5.74, 6) is -0.844. The lowest BCUT2D eigenvalue weighted by Crippen LogP contribution is -2.15. The third-order valence-corrected chi connectivity index (χ3v) is 5.53. The van der Waals surface area contributed by atoms with Crippen LogP contribution < -0.4 is 10.0 Å². The molecule has 0 unspecified atom stereocenters. The summed E-state index contributed by atoms with van der Waals surface area (Å²) >= 11 is 3.26. The molecule has 0 aliphatic rings. The molecule has 3 aromatic rings. The quantitative estimate of drug-likeness (QED) is 0.596. The van der Waals surface area contributed by atoms with Crippen molar-refractivity contribution in [1.29, 1.82) is 0 Å². The number of rotatable bonds is 5. The summed E-state index contributed by atoms with van der Waals surface area (Å²) in [6.45, 7) is 0. The van der Waals surface area contributed by atoms with Crippen LogP contribution >= 0.6 is 15.9 Å². The Hall–Kier alpha value is -2.71. The van der Waals surface area contributed by atoms with Crippen molar-refractivity contribution >= 4 is 43.2 Å². The molecule has 0 saturated carbocycles. The highest BCUT2D eigenvalue weighted by Crippen LogP contribution is 2.20. The number of sulfonamides is 1. The first kappa shape index (κ1) is 19.1. The predicted molar refractivity (Wildman–Crippen MR) is 106 cm³/mol. The fourth-order valence-corrected chi connectivity index (χ4v) is 3.60. The van der Waals surface area contributed by atoms with E-state index in [-0.39, 0.29) is 16.1 Å². The van der Waals surface area contributed by atoms with Gasteiger partial charge in [-0.3, -0.25) is 9.52 Å². The molecule has 138 valence electrons. The summed E-state index contributed by atoms with van der Waals surface area (Å²) in [6.07, 6.45) is 0. The highest BCUT2D eigenvalue weighted by molar-refractivity contribution is 9.10. The van der Waals surface area contributed by atoms with E-state index in [2.05, 4.69) is 26.0 Å². The second-order valence-electron chi connectivity index (χ2n) is 5.60. The van der Waals surface area contributed by atoms with Crippen LogP contribution in [0.3, 0.4) is 0 Å². The molecule has 2 N–H and O–H groups in total. The molecule has 3 rings (SSSR count). The maximum Gasteiger partial charge on any atom is 0.261 e. The number of anilines is 2. The summed E-state index contributed by atoms with van der Waals surface area (Å²) in [5.41, 5.74) is 0.947. The van der Waals surface area contributed by atoms with Gasteiger partial charge in [0.1, 0.15) is 5.82 Å². The molecule has 27 heavy (non-hydrogen) atoms. The molecule has 8 heteroatoms. The summed E-state index contributed by atoms with van der Waals surface area (Å²) in [4.78, 5) is 12.4. The van der Waals surface area contributed by atoms with E-state index in [9.17, 15) is 17.6 Å². The summed E-state index contributed by atoms with van der Waals surface area (Å²) in [6, 6.07) is 17.6. The smallest absolute Gasteiger partial charge is 0.261 e. The van der Waals surface area contributed by atoms with Gasteiger partial charge in [0.25, 0.3) is 15.9 Å². The van der Waals surface area contributed by atoms with Gasteiger partial charge in [-0.15, -0.1) is 0 Å². The van der Waals surface area contributed by atoms with E-state index >= 15 is 0 Å². The van der Waals surface area contributed by atoms with Crippen LogP contribution in [0, 0.1) is 5.82 Å². The van der Waals surface area contributed by atoms with Crippen LogP contribution in [0.2, 0.25) is 0 Å². The number of benzene rings is 3. The maximum absolute atomic E-state index is 12.9. The summed E-state index contributed by atoms with van der Waals surface area (Å²) < 4.78 is 41.1. The molecular formula is C19H14BrFN2O3S. The molecule has 0 saturated heterocycles. The third-order valence-electron chi connectivity index (χ3n) is 3.60. The van der Waals surface area contributed by atoms with E-state index in [1.807, 2.05) is 0 Å². The van der Waals surface area contributed by atoms with Crippen LogP contribution in [0.25, 0.3) is 0 Å². The molecule has 0 spiro atoms. The minimum atomic E-state index is -3.78. The van der Waals surface area contributed by atoms with Crippen LogP contribution in [0.1, 0.15) is 10.4 Å². The minimum Gasteiger partial charge on any atom is -0.322 e. The van der Waals surface area contributed by atoms with Crippen molar-refractivity contribution in [2.45, 2.75) is 4.90 Å². The third kappa shape index (κ3) is 4.93. The monoisotopic (exact) mass is 448 g/mol. The Kier molecular flexibility index (Phi) is 5.57. The molecule has 0 aromatic heterocycles. The van der Waals surface area contributed by atoms with Gasteiger partial charge in [-0.1, -0.05) is 22.0 Å². The van der Waals surface area contributed by atoms with E-state index < -0.39 is 21.7 Å². The molecule has 1 amide bonds. The Balaban J connectivity index is 1.77. The highest BCUT2D eigenvalue weighted by atomic mass is 79.9. The Morgan fingerprint density at radius 3 is 2.22 bits per heavy atom. The summed E-state index contributed by atoms with van der Waals surface area (Å²) in [5, 5.41) is 2.63. The first-order valence-electron chi connectivity index (χ1n) is 7.79. The lowest BCUT2D eigenvalue weighted by atomic mass is 10.2. The van der Waals surface area contributed by atoms with Crippen molar-refractivity contribution in [2.24, 2.45) is 0 Å². The van der Waals surface area contributed by atoms with Gasteiger partial charge in [0.05, 0.1) is 4.90 Å². The topological polar surface area (TPSA) is 75.3 Å². The molecule has 0 radical (unpaired) electrons. The van der Waals surface area contributed by atoms with Crippen molar-refractivity contribution in [3.63, 3.8) is 0 Å². The lowest BCUT2D eigenvalue weighted by molar-refractivity contribution is 0.102. The second kappa shape index (κ2) is 7.89. The van der Waals surface area contributed by atoms with Crippen LogP contribution in [-0.2, 0) is 10.0 Å². The standard InChI is InChI=1S/C19H14BrFN2O3S/c20-14-4-10-18(11-5-14)27(25,26)23-17-3-1-2-13(12-17)19(24)22-16-8-6-15(21)7-9-16/h1-12,23H,(H,22,24). The van der Waals surface area contributed by atoms with Crippen molar-refractivity contribution in [2.75, 3.05) is 10.0 Å². The van der Waals surface area contributed by atoms with Gasteiger partial charge < -0.3 is 5.32 Å². The van der Waals surface area contributed by atoms with Gasteiger partial charge in [0, 0.05) is 21.4 Å². The van der Waals surface area contributed by atoms with Gasteiger partial charge in [0.15, 0.2) is 0 Å². The lowest BCUT2D eigenvalue weighted by Gasteiger charge is -2.10. The molecule has 0 aliphatic carbocycles. The average Bonchev–Trinajstić information content (AvgIpc) is 2.64. The number of halogens is 2. The van der Waals surface area contributed by atoms with Crippen molar-refractivity contribution < 1.29 is 17.6 Å². The van der Waals surface area contributed by atoms with Gasteiger partial charge in [-0.2, -0.15) is 0 Å². The molecule has 3 aromatic carbocycles. The first-order valence-corrected chi connectivity index (χ1v) is 10.1. The average molecular weight is 449 g/mol. The molecule has 0 bridgehead atoms. The number of nitrogens with one attached hydrogen (secondary N) is 2. The molecule has 0 heterocycles. The SMILES string of the molecule is O=C(Nc1ccc(F)cc1)c1cccc(NS(=O)(=O)c2ccc(Br)cc2)c1. The van der Waals surface area contributed by atoms with Crippen LogP contribution in [-0.4, -0.2) is 14.3 Å². The zero-order chi connectivity index (χ0) is 19.4. The number of hydrogen-bond acceptors (Lipinski definition) is 3. The molecule has 0 atom stereocenters. The Bertz CT molecular complexity index is 1070. The van der Waals surface area contributed by atoms with Crippen LogP contribution in [0.4, 0.5) is 15.8 Å². The van der Waals surface area contributed by atoms with Gasteiger partial charge in [-0.25, -0.2) is 12.8 Å². The van der Waals surface area contributed by atoms with E-state index in [4.69, 9.17) is 0 Å². The maximum atomic E-state index is 12.9. The molecule has 0 aliphatic heterocycles. The second-order valence-corrected chi connectivity index (χ2v) is 8.20. The first-order chi connectivity index (χ1) is 12.8. The highest BCUT2D eigenvalue weighted by Gasteiger charge is 2.15. The largest absolute Gasteiger partial charge is 0.322 e. The van der Waals surface area contributed by atoms with E-state index in [0.29, 0.717) is 5.69 Å². The Morgan fingerprint density at radius 2 is 1.56 bits per heavy atom. The minimum absolute atomic E-state index is 0.104. The van der Waals surface area contributed by atoms with Crippen LogP contribution in [0.5, 0.6) is 0 Å². The van der Waals surface area contributed by atoms with Gasteiger partial charge in [-0.05, 0) is 66.7 Å². The van der Waals surface area contributed by atoms with Crippen molar-refractivity contribution in [1.82, 2.24) is 0 Å². The van der Waals surface area contributed by atoms with E-state index in [1.54, 1.807) is 30.3 Å². The predicted octanol–water partition coefficient (Wildman–Crippen LogP) is 4.64. The van der Waals surface area contributed by atoms with Crippen LogP contribution in [0.15, 0.2) is 82.2 Å². The zero-order valence-corrected chi connectivity index (χ0v) is 16.2. The van der Waals surface area contributed by atoms with Gasteiger partial charge >= 0.3 is 0 Å². The number of carbonyl (C=O) groups excluding carboxylic acids is 1. The Morgan fingerprint density at radius 1 is 0.889 bits per heavy atom. The molecule has 0 fully saturated rings. The Labute approximate surface area is 164 Å². The number of hydrogen-bond donors (Lipinski definition) is 2.